The molecule has 0 unspecified atom stereocenters. The van der Waals surface area contributed by atoms with Crippen molar-refractivity contribution in [3.8, 4) is 0 Å². The molecule has 5 heteroatoms. The van der Waals surface area contributed by atoms with E-state index in [4.69, 9.17) is 10.5 Å². The minimum atomic E-state index is -0.156. The predicted molar refractivity (Wildman–Crippen MR) is 97.2 cm³/mol. The van der Waals surface area contributed by atoms with E-state index in [1.54, 1.807) is 12.1 Å². The van der Waals surface area contributed by atoms with Gasteiger partial charge in [-0.3, -0.25) is 4.79 Å². The third-order valence-electron chi connectivity index (χ3n) is 3.30. The van der Waals surface area contributed by atoms with Crippen molar-refractivity contribution in [3.05, 3.63) is 59.2 Å². The number of anilines is 2. The zero-order valence-electron chi connectivity index (χ0n) is 13.6. The van der Waals surface area contributed by atoms with Crippen LogP contribution in [0.15, 0.2) is 42.5 Å². The standard InChI is InChI=1S/C18H22N2O2.ClH/c1-12(2)22-11-14-5-8-16(9-6-14)20-18(21)17-10-15(19)7-4-13(17)3;/h4-10,12H,11,19H2,1-3H3,(H,20,21);1H. The molecule has 0 saturated heterocycles. The number of nitrogens with one attached hydrogen (secondary N) is 1. The molecule has 0 saturated carbocycles. The van der Waals surface area contributed by atoms with Gasteiger partial charge in [0.25, 0.3) is 5.91 Å². The first-order valence-electron chi connectivity index (χ1n) is 7.33. The van der Waals surface area contributed by atoms with Crippen molar-refractivity contribution in [2.24, 2.45) is 0 Å². The summed E-state index contributed by atoms with van der Waals surface area (Å²) in [7, 11) is 0. The number of halogens is 1. The topological polar surface area (TPSA) is 64.4 Å². The average molecular weight is 335 g/mol. The molecule has 124 valence electrons. The van der Waals surface area contributed by atoms with Crippen LogP contribution in [0.3, 0.4) is 0 Å². The van der Waals surface area contributed by atoms with Crippen molar-refractivity contribution in [2.75, 3.05) is 11.1 Å². The van der Waals surface area contributed by atoms with Gasteiger partial charge < -0.3 is 15.8 Å². The highest BCUT2D eigenvalue weighted by Gasteiger charge is 2.09. The van der Waals surface area contributed by atoms with Gasteiger partial charge >= 0.3 is 0 Å². The third-order valence-corrected chi connectivity index (χ3v) is 3.30. The molecule has 0 fully saturated rings. The molecule has 0 atom stereocenters. The number of aryl methyl sites for hydroxylation is 1. The number of nitrogen functional groups attached to an aromatic ring is 1. The first kappa shape index (κ1) is 19.0. The summed E-state index contributed by atoms with van der Waals surface area (Å²) in [6, 6.07) is 13.0. The predicted octanol–water partition coefficient (Wildman–Crippen LogP) is 4.18. The van der Waals surface area contributed by atoms with Gasteiger partial charge in [-0.15, -0.1) is 12.4 Å². The average Bonchev–Trinajstić information content (AvgIpc) is 2.49. The maximum absolute atomic E-state index is 12.3. The van der Waals surface area contributed by atoms with Gasteiger partial charge in [0.2, 0.25) is 0 Å². The Bertz CT molecular complexity index is 655. The number of hydrogen-bond acceptors (Lipinski definition) is 3. The lowest BCUT2D eigenvalue weighted by Crippen LogP contribution is -2.13. The van der Waals surface area contributed by atoms with Crippen LogP contribution >= 0.6 is 12.4 Å². The lowest BCUT2D eigenvalue weighted by molar-refractivity contribution is 0.0657. The maximum atomic E-state index is 12.3. The van der Waals surface area contributed by atoms with Crippen molar-refractivity contribution in [2.45, 2.75) is 33.5 Å². The number of carbonyl (C=O) groups is 1. The first-order chi connectivity index (χ1) is 10.5. The molecule has 2 aromatic rings. The normalized spacial score (nSPS) is 10.3. The minimum absolute atomic E-state index is 0. The van der Waals surface area contributed by atoms with Crippen LogP contribution in [0.25, 0.3) is 0 Å². The van der Waals surface area contributed by atoms with E-state index in [9.17, 15) is 4.79 Å². The highest BCUT2D eigenvalue weighted by molar-refractivity contribution is 6.05. The van der Waals surface area contributed by atoms with E-state index in [1.165, 1.54) is 0 Å². The van der Waals surface area contributed by atoms with Crippen LogP contribution < -0.4 is 11.1 Å². The summed E-state index contributed by atoms with van der Waals surface area (Å²) in [6.45, 7) is 6.46. The van der Waals surface area contributed by atoms with Crippen molar-refractivity contribution in [3.63, 3.8) is 0 Å². The van der Waals surface area contributed by atoms with E-state index in [1.807, 2.05) is 51.1 Å². The number of carbonyl (C=O) groups excluding carboxylic acids is 1. The third kappa shape index (κ3) is 5.58. The Kier molecular flexibility index (Phi) is 7.07. The zero-order valence-corrected chi connectivity index (χ0v) is 14.4. The first-order valence-corrected chi connectivity index (χ1v) is 7.33. The molecule has 4 nitrogen and oxygen atoms in total. The van der Waals surface area contributed by atoms with E-state index in [0.717, 1.165) is 16.8 Å². The highest BCUT2D eigenvalue weighted by atomic mass is 35.5. The number of benzene rings is 2. The number of hydrogen-bond donors (Lipinski definition) is 2. The van der Waals surface area contributed by atoms with Gasteiger partial charge in [-0.2, -0.15) is 0 Å². The quantitative estimate of drug-likeness (QED) is 0.806. The second-order valence-electron chi connectivity index (χ2n) is 5.59. The van der Waals surface area contributed by atoms with Crippen molar-refractivity contribution < 1.29 is 9.53 Å². The molecule has 0 heterocycles. The Morgan fingerprint density at radius 1 is 1.17 bits per heavy atom. The van der Waals surface area contributed by atoms with Gasteiger partial charge in [0.15, 0.2) is 0 Å². The van der Waals surface area contributed by atoms with Crippen LogP contribution in [0.5, 0.6) is 0 Å². The summed E-state index contributed by atoms with van der Waals surface area (Å²) in [4.78, 5) is 12.3. The molecular weight excluding hydrogens is 312 g/mol. The molecule has 2 rings (SSSR count). The molecule has 0 aliphatic carbocycles. The molecule has 0 spiro atoms. The molecular formula is C18H23ClN2O2. The fourth-order valence-electron chi connectivity index (χ4n) is 2.03. The molecule has 1 amide bonds. The summed E-state index contributed by atoms with van der Waals surface area (Å²) < 4.78 is 5.55. The van der Waals surface area contributed by atoms with Gasteiger partial charge in [-0.1, -0.05) is 18.2 Å². The summed E-state index contributed by atoms with van der Waals surface area (Å²) in [5, 5.41) is 2.88. The van der Waals surface area contributed by atoms with Crippen LogP contribution in [-0.2, 0) is 11.3 Å². The smallest absolute Gasteiger partial charge is 0.256 e. The number of amides is 1. The van der Waals surface area contributed by atoms with E-state index in [2.05, 4.69) is 5.32 Å². The molecule has 0 aliphatic heterocycles. The molecule has 0 bridgehead atoms. The van der Waals surface area contributed by atoms with Crippen molar-refractivity contribution in [1.82, 2.24) is 0 Å². The van der Waals surface area contributed by atoms with Gasteiger partial charge in [0.05, 0.1) is 12.7 Å². The summed E-state index contributed by atoms with van der Waals surface area (Å²) in [6.07, 6.45) is 0.200. The van der Waals surface area contributed by atoms with Gasteiger partial charge in [0, 0.05) is 16.9 Å². The lowest BCUT2D eigenvalue weighted by Gasteiger charge is -2.10. The molecule has 3 N–H and O–H groups in total. The van der Waals surface area contributed by atoms with E-state index in [0.29, 0.717) is 17.9 Å². The number of ether oxygens (including phenoxy) is 1. The number of nitrogens with two attached hydrogens (primary N) is 1. The van der Waals surface area contributed by atoms with E-state index < -0.39 is 0 Å². The second kappa shape index (κ2) is 8.56. The van der Waals surface area contributed by atoms with Gasteiger partial charge in [-0.25, -0.2) is 0 Å². The molecule has 0 aromatic heterocycles. The molecule has 0 radical (unpaired) electrons. The van der Waals surface area contributed by atoms with Gasteiger partial charge in [0.1, 0.15) is 0 Å². The van der Waals surface area contributed by atoms with Crippen LogP contribution in [0.2, 0.25) is 0 Å². The van der Waals surface area contributed by atoms with Crippen LogP contribution in [0.4, 0.5) is 11.4 Å². The second-order valence-corrected chi connectivity index (χ2v) is 5.59. The van der Waals surface area contributed by atoms with Crippen LogP contribution in [0.1, 0.15) is 35.3 Å². The molecule has 2 aromatic carbocycles. The Hall–Kier alpha value is -2.04. The summed E-state index contributed by atoms with van der Waals surface area (Å²) in [5.74, 6) is -0.156. The lowest BCUT2D eigenvalue weighted by atomic mass is 10.1. The van der Waals surface area contributed by atoms with E-state index >= 15 is 0 Å². The zero-order chi connectivity index (χ0) is 16.1. The SMILES string of the molecule is Cc1ccc(N)cc1C(=O)Nc1ccc(COC(C)C)cc1.Cl. The maximum Gasteiger partial charge on any atom is 0.256 e. The van der Waals surface area contributed by atoms with Crippen LogP contribution in [0, 0.1) is 6.92 Å². The van der Waals surface area contributed by atoms with Crippen molar-refractivity contribution >= 4 is 29.7 Å². The van der Waals surface area contributed by atoms with Gasteiger partial charge in [-0.05, 0) is 56.2 Å². The largest absolute Gasteiger partial charge is 0.399 e. The highest BCUT2D eigenvalue weighted by Crippen LogP contribution is 2.16. The fourth-order valence-corrected chi connectivity index (χ4v) is 2.03. The molecule has 0 aliphatic rings. The minimum Gasteiger partial charge on any atom is -0.399 e. The summed E-state index contributed by atoms with van der Waals surface area (Å²) >= 11 is 0. The fraction of sp³-hybridized carbons (Fsp3) is 0.278. The number of rotatable bonds is 5. The van der Waals surface area contributed by atoms with Crippen molar-refractivity contribution in [1.29, 1.82) is 0 Å². The summed E-state index contributed by atoms with van der Waals surface area (Å²) in [5.41, 5.74) is 9.64. The Morgan fingerprint density at radius 3 is 2.43 bits per heavy atom. The van der Waals surface area contributed by atoms with E-state index in [-0.39, 0.29) is 24.4 Å². The van der Waals surface area contributed by atoms with Crippen LogP contribution in [-0.4, -0.2) is 12.0 Å². The Labute approximate surface area is 143 Å². The Morgan fingerprint density at radius 2 is 1.83 bits per heavy atom. The monoisotopic (exact) mass is 334 g/mol. The molecule has 23 heavy (non-hydrogen) atoms. The Balaban J connectivity index is 0.00000264.